The first-order valence-corrected chi connectivity index (χ1v) is 13.0. The fourth-order valence-corrected chi connectivity index (χ4v) is 5.84. The molecular weight excluding hydrogens is 470 g/mol. The van der Waals surface area contributed by atoms with Crippen molar-refractivity contribution in [2.45, 2.75) is 37.8 Å². The summed E-state index contributed by atoms with van der Waals surface area (Å²) in [6, 6.07) is 9.00. The number of carbonyl (C=O) groups excluding carboxylic acids is 2. The lowest BCUT2D eigenvalue weighted by molar-refractivity contribution is -0.130. The predicted molar refractivity (Wildman–Crippen MR) is 137 cm³/mol. The van der Waals surface area contributed by atoms with E-state index in [0.29, 0.717) is 24.0 Å². The van der Waals surface area contributed by atoms with E-state index in [1.807, 2.05) is 36.4 Å². The number of benzene rings is 1. The average molecular weight is 504 g/mol. The van der Waals surface area contributed by atoms with Crippen molar-refractivity contribution in [3.63, 3.8) is 0 Å². The molecule has 194 valence electrons. The van der Waals surface area contributed by atoms with Crippen LogP contribution in [0.1, 0.15) is 30.4 Å². The number of hydrogen-bond donors (Lipinski definition) is 1. The van der Waals surface area contributed by atoms with Gasteiger partial charge in [-0.25, -0.2) is 4.79 Å². The zero-order valence-electron chi connectivity index (χ0n) is 21.1. The normalized spacial score (nSPS) is 25.3. The summed E-state index contributed by atoms with van der Waals surface area (Å²) in [7, 11) is 1.77. The van der Waals surface area contributed by atoms with E-state index in [1.54, 1.807) is 24.3 Å². The van der Waals surface area contributed by atoms with E-state index in [4.69, 9.17) is 9.47 Å². The van der Waals surface area contributed by atoms with Gasteiger partial charge in [0.2, 0.25) is 0 Å². The molecule has 0 radical (unpaired) electrons. The topological polar surface area (TPSA) is 88.9 Å². The van der Waals surface area contributed by atoms with Crippen molar-refractivity contribution in [1.82, 2.24) is 24.9 Å². The number of rotatable bonds is 4. The maximum absolute atomic E-state index is 13.3. The van der Waals surface area contributed by atoms with Gasteiger partial charge in [0, 0.05) is 63.8 Å². The highest BCUT2D eigenvalue weighted by Gasteiger charge is 2.46. The van der Waals surface area contributed by atoms with E-state index in [0.717, 1.165) is 56.0 Å². The van der Waals surface area contributed by atoms with Crippen LogP contribution >= 0.6 is 0 Å². The Morgan fingerprint density at radius 1 is 1.16 bits per heavy atom. The molecule has 1 spiro atoms. The number of nitrogens with zero attached hydrogens (tertiary/aromatic N) is 4. The molecule has 1 aliphatic carbocycles. The Balaban J connectivity index is 1.07. The van der Waals surface area contributed by atoms with Gasteiger partial charge in [-0.3, -0.25) is 9.69 Å². The first kappa shape index (κ1) is 23.9. The second-order valence-corrected chi connectivity index (χ2v) is 10.6. The van der Waals surface area contributed by atoms with Crippen molar-refractivity contribution in [3.8, 4) is 0 Å². The van der Waals surface area contributed by atoms with Gasteiger partial charge in [-0.2, -0.15) is 9.78 Å². The fourth-order valence-electron chi connectivity index (χ4n) is 5.84. The molecular formula is C28H33N5O4. The number of ether oxygens (including phenoxy) is 2. The van der Waals surface area contributed by atoms with E-state index < -0.39 is 12.1 Å². The van der Waals surface area contributed by atoms with Crippen LogP contribution in [0.3, 0.4) is 0 Å². The lowest BCUT2D eigenvalue weighted by Gasteiger charge is -2.55. The van der Waals surface area contributed by atoms with E-state index in [2.05, 4.69) is 21.4 Å². The molecule has 4 heterocycles. The summed E-state index contributed by atoms with van der Waals surface area (Å²) in [6.45, 7) is 3.93. The first-order chi connectivity index (χ1) is 18.0. The molecule has 37 heavy (non-hydrogen) atoms. The molecule has 2 amide bonds. The Kier molecular flexibility index (Phi) is 6.34. The number of allylic oxidation sites excluding steroid dienone is 1. The number of aromatic nitrogens is 2. The maximum atomic E-state index is 13.3. The van der Waals surface area contributed by atoms with Crippen LogP contribution in [-0.2, 0) is 20.7 Å². The molecule has 6 rings (SSSR count). The first-order valence-electron chi connectivity index (χ1n) is 13.0. The van der Waals surface area contributed by atoms with E-state index in [9.17, 15) is 9.59 Å². The summed E-state index contributed by atoms with van der Waals surface area (Å²) < 4.78 is 12.8. The van der Waals surface area contributed by atoms with Crippen LogP contribution in [0.25, 0.3) is 0 Å². The maximum Gasteiger partial charge on any atom is 0.342 e. The number of likely N-dealkylation sites (tertiary alicyclic amines) is 1. The van der Waals surface area contributed by atoms with Crippen LogP contribution in [0.4, 0.5) is 4.79 Å². The predicted octanol–water partition coefficient (Wildman–Crippen LogP) is 2.54. The largest absolute Gasteiger partial charge is 0.489 e. The molecule has 4 aliphatic rings. The minimum atomic E-state index is -0.800. The summed E-state index contributed by atoms with van der Waals surface area (Å²) in [5.41, 5.74) is 3.32. The van der Waals surface area contributed by atoms with E-state index in [1.165, 1.54) is 4.68 Å². The molecule has 0 saturated carbocycles. The molecule has 1 N–H and O–H groups in total. The smallest absolute Gasteiger partial charge is 0.342 e. The third-order valence-corrected chi connectivity index (χ3v) is 8.09. The van der Waals surface area contributed by atoms with Crippen molar-refractivity contribution in [2.24, 2.45) is 5.41 Å². The highest BCUT2D eigenvalue weighted by Crippen LogP contribution is 2.42. The second-order valence-electron chi connectivity index (χ2n) is 10.6. The Labute approximate surface area is 216 Å². The molecule has 2 atom stereocenters. The lowest BCUT2D eigenvalue weighted by Crippen LogP contribution is -2.61. The lowest BCUT2D eigenvalue weighted by atomic mass is 9.72. The molecule has 0 bridgehead atoms. The van der Waals surface area contributed by atoms with Crippen LogP contribution in [-0.4, -0.2) is 83.6 Å². The van der Waals surface area contributed by atoms with Crippen LogP contribution < -0.4 is 5.32 Å². The Morgan fingerprint density at radius 2 is 1.95 bits per heavy atom. The van der Waals surface area contributed by atoms with Crippen molar-refractivity contribution >= 4 is 11.9 Å². The highest BCUT2D eigenvalue weighted by atomic mass is 16.5. The Bertz CT molecular complexity index is 1220. The molecule has 2 saturated heterocycles. The van der Waals surface area contributed by atoms with Crippen LogP contribution in [0, 0.1) is 5.41 Å². The monoisotopic (exact) mass is 503 g/mol. The molecule has 1 aromatic carbocycles. The molecule has 9 heteroatoms. The average Bonchev–Trinajstić information content (AvgIpc) is 3.34. The molecule has 2 fully saturated rings. The van der Waals surface area contributed by atoms with Gasteiger partial charge < -0.3 is 19.7 Å². The van der Waals surface area contributed by atoms with Gasteiger partial charge >= 0.3 is 6.03 Å². The van der Waals surface area contributed by atoms with E-state index >= 15 is 0 Å². The van der Waals surface area contributed by atoms with Crippen molar-refractivity contribution in [3.05, 3.63) is 77.5 Å². The summed E-state index contributed by atoms with van der Waals surface area (Å²) >= 11 is 0. The molecule has 3 aliphatic heterocycles. The standard InChI is InChI=1S/C28H33N5O4/c1-31-24-14-22(32-18-28(19-32)9-11-36-12-10-28)7-8-25(24)37-17-23(26(31)34)30-27(35)33-16-21(15-29-33)13-20-5-3-2-4-6-20/h2-8,15-16,22-23H,9-14,17-19H2,1H3,(H,30,35)/t22?,23-/m0/s1. The Hall–Kier alpha value is -3.43. The summed E-state index contributed by atoms with van der Waals surface area (Å²) in [6.07, 6.45) is 11.2. The SMILES string of the molecule is CN1C(=O)[C@@H](NC(=O)n2cc(Cc3ccccc3)cn2)COC2=C1CC(N1CC3(CCOCC3)C1)C=C2. The fraction of sp³-hybridized carbons (Fsp3) is 0.464. The van der Waals surface area contributed by atoms with Gasteiger partial charge in [0.25, 0.3) is 5.91 Å². The van der Waals surface area contributed by atoms with Gasteiger partial charge in [-0.05, 0) is 30.0 Å². The Morgan fingerprint density at radius 3 is 2.73 bits per heavy atom. The van der Waals surface area contributed by atoms with Gasteiger partial charge in [-0.15, -0.1) is 0 Å². The van der Waals surface area contributed by atoms with Gasteiger partial charge in [-0.1, -0.05) is 36.4 Å². The number of nitrogens with one attached hydrogen (secondary N) is 1. The number of amides is 2. The van der Waals surface area contributed by atoms with Crippen LogP contribution in [0.5, 0.6) is 0 Å². The second kappa shape index (κ2) is 9.79. The quantitative estimate of drug-likeness (QED) is 0.690. The zero-order chi connectivity index (χ0) is 25.4. The molecule has 9 nitrogen and oxygen atoms in total. The summed E-state index contributed by atoms with van der Waals surface area (Å²) in [4.78, 5) is 30.4. The summed E-state index contributed by atoms with van der Waals surface area (Å²) in [5, 5.41) is 7.01. The van der Waals surface area contributed by atoms with Crippen LogP contribution in [0.2, 0.25) is 0 Å². The molecule has 1 aromatic heterocycles. The van der Waals surface area contributed by atoms with E-state index in [-0.39, 0.29) is 18.6 Å². The number of carbonyl (C=O) groups is 2. The number of likely N-dealkylation sites (N-methyl/N-ethyl adjacent to an activating group) is 1. The third kappa shape index (κ3) is 4.81. The van der Waals surface area contributed by atoms with Gasteiger partial charge in [0.1, 0.15) is 18.4 Å². The third-order valence-electron chi connectivity index (χ3n) is 8.09. The summed E-state index contributed by atoms with van der Waals surface area (Å²) in [5.74, 6) is 0.517. The van der Waals surface area contributed by atoms with Crippen molar-refractivity contribution < 1.29 is 19.1 Å². The molecule has 1 unspecified atom stereocenters. The molecule has 2 aromatic rings. The van der Waals surface area contributed by atoms with Crippen molar-refractivity contribution in [1.29, 1.82) is 0 Å². The zero-order valence-corrected chi connectivity index (χ0v) is 21.1. The van der Waals surface area contributed by atoms with Crippen LogP contribution in [0.15, 0.2) is 66.3 Å². The minimum Gasteiger partial charge on any atom is -0.489 e. The highest BCUT2D eigenvalue weighted by molar-refractivity contribution is 5.89. The van der Waals surface area contributed by atoms with Crippen molar-refractivity contribution in [2.75, 3.05) is 40.0 Å². The minimum absolute atomic E-state index is 0.0771. The van der Waals surface area contributed by atoms with Gasteiger partial charge in [0.05, 0.1) is 11.9 Å². The van der Waals surface area contributed by atoms with Gasteiger partial charge in [0.15, 0.2) is 0 Å². The number of hydrogen-bond acceptors (Lipinski definition) is 6.